The second-order valence-corrected chi connectivity index (χ2v) is 3.29. The Morgan fingerprint density at radius 1 is 1.18 bits per heavy atom. The van der Waals surface area contributed by atoms with E-state index in [0.717, 1.165) is 5.92 Å². The van der Waals surface area contributed by atoms with Gasteiger partial charge in [-0.1, -0.05) is 20.3 Å². The molecule has 1 nitrogen and oxygen atoms in total. The van der Waals surface area contributed by atoms with Crippen LogP contribution in [0.25, 0.3) is 0 Å². The molecule has 2 heteroatoms. The van der Waals surface area contributed by atoms with Crippen molar-refractivity contribution in [1.29, 1.82) is 0 Å². The summed E-state index contributed by atoms with van der Waals surface area (Å²) in [6.45, 7) is 8.50. The van der Waals surface area contributed by atoms with Crippen LogP contribution in [0.15, 0.2) is 0 Å². The van der Waals surface area contributed by atoms with Crippen molar-refractivity contribution >= 4 is 51.4 Å². The molecule has 0 aliphatic carbocycles. The molecular weight excluding hydrogens is 161 g/mol. The predicted molar refractivity (Wildman–Crippen MR) is 50.9 cm³/mol. The van der Waals surface area contributed by atoms with E-state index in [-0.39, 0.29) is 51.4 Å². The van der Waals surface area contributed by atoms with Crippen molar-refractivity contribution in [2.24, 2.45) is 5.92 Å². The van der Waals surface area contributed by atoms with E-state index in [9.17, 15) is 0 Å². The molecule has 0 atom stereocenters. The fourth-order valence-corrected chi connectivity index (χ4v) is 1.71. The summed E-state index contributed by atoms with van der Waals surface area (Å²) in [5, 5.41) is 0. The summed E-state index contributed by atoms with van der Waals surface area (Å²) in [5.41, 5.74) is 0. The minimum atomic E-state index is 0. The number of hydrogen-bond acceptors (Lipinski definition) is 1. The molecule has 1 aliphatic rings. The Morgan fingerprint density at radius 2 is 1.73 bits per heavy atom. The van der Waals surface area contributed by atoms with Gasteiger partial charge in [0.05, 0.1) is 0 Å². The van der Waals surface area contributed by atoms with Crippen molar-refractivity contribution in [1.82, 2.24) is 4.90 Å². The average Bonchev–Trinajstić information content (AvgIpc) is 2.05. The summed E-state index contributed by atoms with van der Waals surface area (Å²) in [7, 11) is 0. The number of likely N-dealkylation sites (tertiary alicyclic amines) is 1. The van der Waals surface area contributed by atoms with Gasteiger partial charge in [-0.3, -0.25) is 0 Å². The van der Waals surface area contributed by atoms with Crippen LogP contribution in [-0.2, 0) is 0 Å². The van der Waals surface area contributed by atoms with E-state index in [1.165, 1.54) is 38.9 Å². The molecule has 1 saturated heterocycles. The van der Waals surface area contributed by atoms with Crippen LogP contribution in [0.3, 0.4) is 0 Å². The summed E-state index contributed by atoms with van der Waals surface area (Å²) in [6.07, 6.45) is 4.26. The van der Waals surface area contributed by atoms with E-state index in [1.54, 1.807) is 0 Å². The van der Waals surface area contributed by atoms with Crippen LogP contribution in [0.4, 0.5) is 0 Å². The Balaban J connectivity index is 0.000001000. The number of piperidine rings is 1. The Bertz CT molecular complexity index is 75.6. The van der Waals surface area contributed by atoms with E-state index in [2.05, 4.69) is 18.7 Å². The van der Waals surface area contributed by atoms with Crippen molar-refractivity contribution in [3.05, 3.63) is 0 Å². The molecule has 11 heavy (non-hydrogen) atoms. The molecular formula is C9H19KN. The van der Waals surface area contributed by atoms with Crippen molar-refractivity contribution in [3.63, 3.8) is 0 Å². The van der Waals surface area contributed by atoms with E-state index in [0.29, 0.717) is 0 Å². The van der Waals surface area contributed by atoms with Crippen LogP contribution in [0.1, 0.15) is 33.1 Å². The molecule has 0 amide bonds. The van der Waals surface area contributed by atoms with E-state index >= 15 is 0 Å². The van der Waals surface area contributed by atoms with Crippen molar-refractivity contribution in [2.75, 3.05) is 19.6 Å². The molecule has 0 aromatic rings. The largest absolute Gasteiger partial charge is 0.304 e. The van der Waals surface area contributed by atoms with Crippen LogP contribution in [0.5, 0.6) is 0 Å². The minimum Gasteiger partial charge on any atom is -0.304 e. The molecule has 1 heterocycles. The second kappa shape index (κ2) is 7.04. The van der Waals surface area contributed by atoms with Gasteiger partial charge in [0.15, 0.2) is 0 Å². The van der Waals surface area contributed by atoms with Gasteiger partial charge in [-0.15, -0.1) is 0 Å². The Morgan fingerprint density at radius 3 is 2.09 bits per heavy atom. The van der Waals surface area contributed by atoms with Gasteiger partial charge in [-0.2, -0.15) is 0 Å². The van der Waals surface area contributed by atoms with E-state index in [4.69, 9.17) is 0 Å². The zero-order chi connectivity index (χ0) is 7.40. The van der Waals surface area contributed by atoms with Crippen LogP contribution < -0.4 is 0 Å². The molecule has 0 N–H and O–H groups in total. The van der Waals surface area contributed by atoms with Gasteiger partial charge < -0.3 is 4.90 Å². The maximum Gasteiger partial charge on any atom is 0 e. The van der Waals surface area contributed by atoms with Gasteiger partial charge in [0.25, 0.3) is 0 Å². The Kier molecular flexibility index (Phi) is 8.07. The van der Waals surface area contributed by atoms with Crippen molar-refractivity contribution in [2.45, 2.75) is 33.1 Å². The first kappa shape index (κ1) is 12.6. The summed E-state index contributed by atoms with van der Waals surface area (Å²) in [6, 6.07) is 0. The molecule has 0 bridgehead atoms. The molecule has 0 saturated carbocycles. The van der Waals surface area contributed by atoms with Crippen LogP contribution in [0, 0.1) is 5.92 Å². The van der Waals surface area contributed by atoms with E-state index < -0.39 is 0 Å². The molecule has 61 valence electrons. The fourth-order valence-electron chi connectivity index (χ4n) is 1.71. The predicted octanol–water partition coefficient (Wildman–Crippen LogP) is 1.75. The normalized spacial score (nSPS) is 21.3. The SMILES string of the molecule is CCC1CCN(CC)CC1.[K]. The standard InChI is InChI=1S/C9H19N.K/c1-3-9-5-7-10(4-2)8-6-9;/h9H,3-8H2,1-2H3;. The van der Waals surface area contributed by atoms with Crippen molar-refractivity contribution in [3.8, 4) is 0 Å². The average molecular weight is 180 g/mol. The fraction of sp³-hybridized carbons (Fsp3) is 1.00. The maximum atomic E-state index is 2.55. The number of rotatable bonds is 2. The van der Waals surface area contributed by atoms with Gasteiger partial charge >= 0.3 is 0 Å². The van der Waals surface area contributed by atoms with Crippen LogP contribution in [-0.4, -0.2) is 75.9 Å². The Hall–Kier alpha value is 1.60. The van der Waals surface area contributed by atoms with E-state index in [1.807, 2.05) is 0 Å². The first-order chi connectivity index (χ1) is 4.86. The third kappa shape index (κ3) is 4.39. The quantitative estimate of drug-likeness (QED) is 0.585. The summed E-state index contributed by atoms with van der Waals surface area (Å²) < 4.78 is 0. The zero-order valence-electron chi connectivity index (χ0n) is 8.27. The molecule has 0 aromatic carbocycles. The molecule has 0 unspecified atom stereocenters. The van der Waals surface area contributed by atoms with Gasteiger partial charge in [0.2, 0.25) is 0 Å². The monoisotopic (exact) mass is 180 g/mol. The second-order valence-electron chi connectivity index (χ2n) is 3.29. The number of nitrogens with zero attached hydrogens (tertiary/aromatic N) is 1. The van der Waals surface area contributed by atoms with Crippen LogP contribution >= 0.6 is 0 Å². The zero-order valence-corrected chi connectivity index (χ0v) is 11.4. The van der Waals surface area contributed by atoms with Gasteiger partial charge in [-0.05, 0) is 38.4 Å². The topological polar surface area (TPSA) is 3.24 Å². The first-order valence-corrected chi connectivity index (χ1v) is 4.59. The third-order valence-corrected chi connectivity index (χ3v) is 2.73. The van der Waals surface area contributed by atoms with Gasteiger partial charge in [0.1, 0.15) is 0 Å². The number of hydrogen-bond donors (Lipinski definition) is 0. The molecule has 1 radical (unpaired) electrons. The summed E-state index contributed by atoms with van der Waals surface area (Å²) in [5.74, 6) is 1.03. The summed E-state index contributed by atoms with van der Waals surface area (Å²) >= 11 is 0. The van der Waals surface area contributed by atoms with Crippen molar-refractivity contribution < 1.29 is 0 Å². The van der Waals surface area contributed by atoms with Gasteiger partial charge in [0, 0.05) is 51.4 Å². The minimum absolute atomic E-state index is 0. The molecule has 1 rings (SSSR count). The third-order valence-electron chi connectivity index (χ3n) is 2.73. The Labute approximate surface area is 113 Å². The first-order valence-electron chi connectivity index (χ1n) is 4.59. The summed E-state index contributed by atoms with van der Waals surface area (Å²) in [4.78, 5) is 2.55. The molecule has 0 aromatic heterocycles. The smallest absolute Gasteiger partial charge is 0 e. The maximum absolute atomic E-state index is 2.55. The van der Waals surface area contributed by atoms with Gasteiger partial charge in [-0.25, -0.2) is 0 Å². The van der Waals surface area contributed by atoms with Crippen LogP contribution in [0.2, 0.25) is 0 Å². The molecule has 1 aliphatic heterocycles. The molecule has 1 fully saturated rings. The molecule has 0 spiro atoms.